The predicted molar refractivity (Wildman–Crippen MR) is 249 cm³/mol. The molecule has 0 bridgehead atoms. The summed E-state index contributed by atoms with van der Waals surface area (Å²) in [5.41, 5.74) is 9.98. The topological polar surface area (TPSA) is 115 Å². The number of nitriles is 1. The molecule has 5 aromatic carbocycles. The van der Waals surface area contributed by atoms with E-state index in [0.29, 0.717) is 32.0 Å². The number of nitrogens with zero attached hydrogens (tertiary/aromatic N) is 2. The second kappa shape index (κ2) is 27.2. The fourth-order valence-corrected chi connectivity index (χ4v) is 5.65. The van der Waals surface area contributed by atoms with E-state index < -0.39 is 21.4 Å². The Hall–Kier alpha value is -2.59. The summed E-state index contributed by atoms with van der Waals surface area (Å²) in [4.78, 5) is 14.4. The molecule has 5 rings (SSSR count). The number of hydrogen-bond donors (Lipinski definition) is 1. The second-order valence-electron chi connectivity index (χ2n) is 10.1. The van der Waals surface area contributed by atoms with Gasteiger partial charge in [-0.15, -0.1) is 33.2 Å². The van der Waals surface area contributed by atoms with Crippen LogP contribution in [0, 0.1) is 30.2 Å². The van der Waals surface area contributed by atoms with Gasteiger partial charge in [-0.25, -0.2) is 26.8 Å². The number of para-hydroxylation sites is 1. The van der Waals surface area contributed by atoms with Crippen molar-refractivity contribution in [2.75, 3.05) is 12.8 Å². The molecule has 0 saturated heterocycles. The van der Waals surface area contributed by atoms with Crippen molar-refractivity contribution in [2.24, 2.45) is 0 Å². The Morgan fingerprint density at radius 1 is 1.00 bits per heavy atom. The standard InChI is InChI=1S/C14H10BrClO2.C8H3BrN2.C8H7N.C7H5ClF2O2S.H7P5/c1-18-14(17)10-5-6-12(13(16)8-10)9-3-2-4-11(15)7-9;1-11-7-4-2-3-6(5-10)8(7)9;1-2-7-5-3-4-6-8(7)9;8-13(11,12)6-3-1-5(2-4-6)7(9)10;1-4-5(2)3/h2-8H,1H3;2-4H;1,3-6H,9H2;1-4,7H;4H,1-3H2. The average molecular weight is 1040 g/mol. The Balaban J connectivity index is 0.000000369. The molecule has 0 aliphatic heterocycles. The molecule has 5 aromatic rings. The van der Waals surface area contributed by atoms with Crippen LogP contribution in [-0.4, -0.2) is 21.5 Å². The molecule has 0 spiro atoms. The zero-order valence-corrected chi connectivity index (χ0v) is 39.9. The van der Waals surface area contributed by atoms with E-state index in [1.165, 1.54) is 7.11 Å². The van der Waals surface area contributed by atoms with Crippen molar-refractivity contribution in [1.29, 1.82) is 5.26 Å². The third kappa shape index (κ3) is 18.8. The minimum Gasteiger partial charge on any atom is -0.465 e. The van der Waals surface area contributed by atoms with Crippen LogP contribution in [0.3, 0.4) is 0 Å². The minimum absolute atomic E-state index is 0.182. The van der Waals surface area contributed by atoms with Crippen molar-refractivity contribution in [1.82, 2.24) is 0 Å². The van der Waals surface area contributed by atoms with Crippen molar-refractivity contribution >= 4 is 122 Å². The summed E-state index contributed by atoms with van der Waals surface area (Å²) in [6.07, 6.45) is 2.52. The van der Waals surface area contributed by atoms with Gasteiger partial charge in [0, 0.05) is 47.0 Å². The smallest absolute Gasteiger partial charge is 0.337 e. The van der Waals surface area contributed by atoms with Crippen molar-refractivity contribution in [2.45, 2.75) is 11.3 Å². The van der Waals surface area contributed by atoms with E-state index in [2.05, 4.69) is 74.1 Å². The van der Waals surface area contributed by atoms with Crippen LogP contribution in [0.25, 0.3) is 16.0 Å². The fourth-order valence-electron chi connectivity index (χ4n) is 3.75. The number of nitrogens with two attached hydrogens (primary N) is 1. The summed E-state index contributed by atoms with van der Waals surface area (Å²) in [5.74, 6) is 2.08. The van der Waals surface area contributed by atoms with Gasteiger partial charge < -0.3 is 10.5 Å². The highest BCUT2D eigenvalue weighted by Crippen LogP contribution is 2.71. The number of methoxy groups -OCH3 is 1. The number of esters is 1. The summed E-state index contributed by atoms with van der Waals surface area (Å²) in [7, 11) is 11.7. The molecule has 2 N–H and O–H groups in total. The van der Waals surface area contributed by atoms with Gasteiger partial charge in [0.15, 0.2) is 0 Å². The molecule has 56 heavy (non-hydrogen) atoms. The van der Waals surface area contributed by atoms with Gasteiger partial charge in [0.1, 0.15) is 0 Å². The van der Waals surface area contributed by atoms with Gasteiger partial charge >= 0.3 is 5.97 Å². The Labute approximate surface area is 362 Å². The number of terminal acetylenes is 1. The van der Waals surface area contributed by atoms with Crippen molar-refractivity contribution < 1.29 is 26.7 Å². The third-order valence-corrected chi connectivity index (χ3v) is 21.4. The van der Waals surface area contributed by atoms with Crippen molar-refractivity contribution in [3.8, 4) is 29.5 Å². The molecule has 0 fully saturated rings. The fraction of sp³-hybridized carbons (Fsp3) is 0.0541. The van der Waals surface area contributed by atoms with E-state index in [1.54, 1.807) is 36.4 Å². The third-order valence-electron chi connectivity index (χ3n) is 6.42. The minimum atomic E-state index is -3.82. The van der Waals surface area contributed by atoms with Crippen molar-refractivity contribution in [3.05, 3.63) is 157 Å². The molecule has 0 saturated carbocycles. The molecule has 292 valence electrons. The van der Waals surface area contributed by atoms with E-state index in [9.17, 15) is 22.0 Å². The number of benzene rings is 5. The lowest BCUT2D eigenvalue weighted by Crippen LogP contribution is -2.00. The van der Waals surface area contributed by atoms with E-state index in [4.69, 9.17) is 46.3 Å². The highest BCUT2D eigenvalue weighted by Gasteiger charge is 2.12. The van der Waals surface area contributed by atoms with Crippen LogP contribution in [0.4, 0.5) is 20.2 Å². The second-order valence-corrected chi connectivity index (χ2v) is 28.8. The van der Waals surface area contributed by atoms with E-state index >= 15 is 0 Å². The Bertz CT molecular complexity index is 2280. The number of halogens is 6. The number of hydrogen-bond acceptors (Lipinski definition) is 6. The maximum Gasteiger partial charge on any atom is 0.337 e. The Kier molecular flexibility index (Phi) is 24.9. The number of rotatable bonds is 5. The van der Waals surface area contributed by atoms with Crippen molar-refractivity contribution in [3.63, 3.8) is 0 Å². The average Bonchev–Trinajstić information content (AvgIpc) is 3.18. The van der Waals surface area contributed by atoms with Crippen LogP contribution in [0.15, 0.2) is 123 Å². The Morgan fingerprint density at radius 3 is 2.04 bits per heavy atom. The van der Waals surface area contributed by atoms with Gasteiger partial charge in [0.25, 0.3) is 15.5 Å². The van der Waals surface area contributed by atoms with Gasteiger partial charge in [-0.3, -0.25) is 0 Å². The molecule has 4 atom stereocenters. The van der Waals surface area contributed by atoms with E-state index in [1.807, 2.05) is 54.6 Å². The molecular weight excluding hydrogens is 1010 g/mol. The number of alkyl halides is 2. The summed E-state index contributed by atoms with van der Waals surface area (Å²) in [6, 6.07) is 31.4. The SMILES string of the molecule is C#Cc1ccccc1N.COC(=O)c1ccc(-c2cccc(Br)c2)c(Cl)c1.O=S(=O)(Cl)c1ccc(C(F)F)cc1.PPP(P)P.[C-]#[N+]c1cccc(C#N)c1Br. The first-order chi connectivity index (χ1) is 26.4. The van der Waals surface area contributed by atoms with Gasteiger partial charge in [0.05, 0.1) is 35.8 Å². The molecule has 0 aromatic heterocycles. The van der Waals surface area contributed by atoms with Gasteiger partial charge in [-0.1, -0.05) is 112 Å². The summed E-state index contributed by atoms with van der Waals surface area (Å²) < 4.78 is 51.6. The summed E-state index contributed by atoms with van der Waals surface area (Å²) in [5, 5.41) is 9.08. The normalized spacial score (nSPS) is 10.1. The molecule has 4 unspecified atom stereocenters. The largest absolute Gasteiger partial charge is 0.465 e. The molecule has 0 aliphatic carbocycles. The molecule has 0 aliphatic rings. The molecular formula is C37H32Br2Cl2F2N3O4P5S. The number of carbonyl (C=O) groups is 1. The zero-order valence-electron chi connectivity index (χ0n) is 29.0. The highest BCUT2D eigenvalue weighted by molar-refractivity contribution is 9.11. The zero-order chi connectivity index (χ0) is 42.4. The van der Waals surface area contributed by atoms with Crippen LogP contribution in [0.2, 0.25) is 5.02 Å². The van der Waals surface area contributed by atoms with Crippen LogP contribution < -0.4 is 5.73 Å². The van der Waals surface area contributed by atoms with Crippen LogP contribution in [0.5, 0.6) is 0 Å². The number of ether oxygens (including phenoxy) is 1. The molecule has 0 radical (unpaired) electrons. The first-order valence-electron chi connectivity index (χ1n) is 15.0. The van der Waals surface area contributed by atoms with Gasteiger partial charge in [-0.2, -0.15) is 5.26 Å². The number of nitrogen functional groups attached to an aromatic ring is 1. The maximum absolute atomic E-state index is 12.0. The van der Waals surface area contributed by atoms with Crippen LogP contribution >= 0.6 is 95.9 Å². The maximum atomic E-state index is 12.0. The van der Waals surface area contributed by atoms with Crippen LogP contribution in [-0.2, 0) is 13.8 Å². The van der Waals surface area contributed by atoms with Crippen LogP contribution in [0.1, 0.15) is 33.5 Å². The first-order valence-corrected chi connectivity index (χ1v) is 27.5. The lowest BCUT2D eigenvalue weighted by Gasteiger charge is -2.07. The number of anilines is 1. The van der Waals surface area contributed by atoms with E-state index in [-0.39, 0.29) is 17.4 Å². The van der Waals surface area contributed by atoms with E-state index in [0.717, 1.165) is 53.4 Å². The Morgan fingerprint density at radius 2 is 1.59 bits per heavy atom. The molecule has 19 heteroatoms. The monoisotopic (exact) mass is 1030 g/mol. The van der Waals surface area contributed by atoms with Gasteiger partial charge in [0.2, 0.25) is 5.69 Å². The van der Waals surface area contributed by atoms with Gasteiger partial charge in [-0.05, 0) is 67.1 Å². The molecule has 7 nitrogen and oxygen atoms in total. The quantitative estimate of drug-likeness (QED) is 0.0468. The molecule has 0 heterocycles. The summed E-state index contributed by atoms with van der Waals surface area (Å²) >= 11 is 12.8. The predicted octanol–water partition coefficient (Wildman–Crippen LogP) is 13.7. The summed E-state index contributed by atoms with van der Waals surface area (Å²) in [6.45, 7) is 6.97. The first kappa shape index (κ1) is 51.4. The lowest BCUT2D eigenvalue weighted by atomic mass is 10.0. The highest BCUT2D eigenvalue weighted by atomic mass is 79.9. The number of carbonyl (C=O) groups excluding carboxylic acids is 1. The molecule has 0 amide bonds. The lowest BCUT2D eigenvalue weighted by molar-refractivity contribution is 0.0600.